The van der Waals surface area contributed by atoms with Gasteiger partial charge in [0.05, 0.1) is 18.8 Å². The van der Waals surface area contributed by atoms with Crippen LogP contribution < -0.4 is 9.47 Å². The van der Waals surface area contributed by atoms with Gasteiger partial charge >= 0.3 is 5.97 Å². The molecule has 2 rings (SSSR count). The summed E-state index contributed by atoms with van der Waals surface area (Å²) in [7, 11) is 3.44. The van der Waals surface area contributed by atoms with Gasteiger partial charge in [-0.2, -0.15) is 5.10 Å². The average molecular weight is 475 g/mol. The molecule has 1 aliphatic rings. The molecule has 1 saturated heterocycles. The van der Waals surface area contributed by atoms with E-state index >= 15 is 0 Å². The van der Waals surface area contributed by atoms with Gasteiger partial charge in [-0.15, -0.1) is 0 Å². The second-order valence-corrected chi connectivity index (χ2v) is 11.4. The van der Waals surface area contributed by atoms with Crippen LogP contribution in [0, 0.1) is 0 Å². The van der Waals surface area contributed by atoms with Crippen LogP contribution in [0.25, 0.3) is 0 Å². The van der Waals surface area contributed by atoms with Gasteiger partial charge in [0.15, 0.2) is 0 Å². The van der Waals surface area contributed by atoms with Crippen LogP contribution in [0.2, 0.25) is 0 Å². The molecular formula is C28H46N2O4. The minimum Gasteiger partial charge on any atom is -0.497 e. The largest absolute Gasteiger partial charge is 0.497 e. The first-order chi connectivity index (χ1) is 15.7. The van der Waals surface area contributed by atoms with Gasteiger partial charge in [-0.25, -0.2) is 4.79 Å². The number of methoxy groups -OCH3 is 2. The van der Waals surface area contributed by atoms with Gasteiger partial charge in [0.25, 0.3) is 0 Å². The molecular weight excluding hydrogens is 428 g/mol. The average Bonchev–Trinajstić information content (AvgIpc) is 3.22. The van der Waals surface area contributed by atoms with Crippen molar-refractivity contribution in [2.45, 2.75) is 110 Å². The zero-order chi connectivity index (χ0) is 25.9. The highest BCUT2D eigenvalue weighted by Crippen LogP contribution is 2.42. The molecule has 1 aromatic rings. The summed E-state index contributed by atoms with van der Waals surface area (Å²) in [6.07, 6.45) is 3.83. The smallest absolute Gasteiger partial charge is 0.359 e. The van der Waals surface area contributed by atoms with Crippen molar-refractivity contribution in [2.24, 2.45) is 5.10 Å². The van der Waals surface area contributed by atoms with E-state index < -0.39 is 5.97 Å². The predicted molar refractivity (Wildman–Crippen MR) is 139 cm³/mol. The standard InChI is InChI=1S/C28H46N2O4/c1-12-28(13-2,33-11)23-15-14-16-30(23)29-19(3)25(31)34-24-21(26(4,5)6)17-20(32-10)18-22(24)27(7,8)9/h17-18,23H,12-16H2,1-11H3/b29-19+/t23-/m0/s1. The highest BCUT2D eigenvalue weighted by atomic mass is 16.5. The number of hydrazone groups is 1. The maximum Gasteiger partial charge on any atom is 0.359 e. The number of hydrogen-bond donors (Lipinski definition) is 0. The number of nitrogens with zero attached hydrogens (tertiary/aromatic N) is 2. The zero-order valence-electron chi connectivity index (χ0n) is 23.3. The molecule has 0 N–H and O–H groups in total. The van der Waals surface area contributed by atoms with Crippen LogP contribution in [0.4, 0.5) is 0 Å². The van der Waals surface area contributed by atoms with E-state index in [-0.39, 0.29) is 22.5 Å². The third-order valence-electron chi connectivity index (χ3n) is 7.12. The molecule has 6 nitrogen and oxygen atoms in total. The van der Waals surface area contributed by atoms with E-state index in [1.54, 1.807) is 21.1 Å². The maximum absolute atomic E-state index is 13.3. The molecule has 1 fully saturated rings. The number of esters is 1. The van der Waals surface area contributed by atoms with Crippen LogP contribution in [0.15, 0.2) is 17.2 Å². The maximum atomic E-state index is 13.3. The molecule has 1 aliphatic heterocycles. The number of rotatable bonds is 8. The fourth-order valence-electron chi connectivity index (χ4n) is 4.90. The van der Waals surface area contributed by atoms with E-state index in [1.165, 1.54) is 0 Å². The van der Waals surface area contributed by atoms with Gasteiger partial charge in [0.2, 0.25) is 0 Å². The Bertz CT molecular complexity index is 845. The van der Waals surface area contributed by atoms with Gasteiger partial charge in [-0.05, 0) is 55.6 Å². The fraction of sp³-hybridized carbons (Fsp3) is 0.714. The fourth-order valence-corrected chi connectivity index (χ4v) is 4.90. The minimum atomic E-state index is -0.428. The molecule has 0 amide bonds. The van der Waals surface area contributed by atoms with Crippen molar-refractivity contribution in [1.29, 1.82) is 0 Å². The topological polar surface area (TPSA) is 60.4 Å². The lowest BCUT2D eigenvalue weighted by atomic mass is 9.79. The third kappa shape index (κ3) is 5.94. The molecule has 34 heavy (non-hydrogen) atoms. The van der Waals surface area contributed by atoms with Crippen LogP contribution in [0.1, 0.15) is 99.1 Å². The van der Waals surface area contributed by atoms with Crippen molar-refractivity contribution in [3.8, 4) is 11.5 Å². The molecule has 0 bridgehead atoms. The highest BCUT2D eigenvalue weighted by molar-refractivity contribution is 6.36. The lowest BCUT2D eigenvalue weighted by Gasteiger charge is -2.40. The van der Waals surface area contributed by atoms with E-state index in [0.717, 1.165) is 49.1 Å². The summed E-state index contributed by atoms with van der Waals surface area (Å²) in [5.41, 5.74) is 1.48. The summed E-state index contributed by atoms with van der Waals surface area (Å²) in [5, 5.41) is 6.79. The Morgan fingerprint density at radius 3 is 1.97 bits per heavy atom. The first-order valence-electron chi connectivity index (χ1n) is 12.6. The monoisotopic (exact) mass is 474 g/mol. The number of hydrogen-bond acceptors (Lipinski definition) is 6. The van der Waals surface area contributed by atoms with Crippen molar-refractivity contribution in [2.75, 3.05) is 20.8 Å². The number of carbonyl (C=O) groups is 1. The number of ether oxygens (including phenoxy) is 3. The van der Waals surface area contributed by atoms with Gasteiger partial charge < -0.3 is 14.2 Å². The summed E-state index contributed by atoms with van der Waals surface area (Å²) >= 11 is 0. The molecule has 0 unspecified atom stereocenters. The number of carbonyl (C=O) groups excluding carboxylic acids is 1. The van der Waals surface area contributed by atoms with Crippen molar-refractivity contribution in [3.63, 3.8) is 0 Å². The Labute approximate surface area is 207 Å². The molecule has 0 aromatic heterocycles. The molecule has 1 heterocycles. The molecule has 1 aromatic carbocycles. The van der Waals surface area contributed by atoms with E-state index in [9.17, 15) is 4.79 Å². The molecule has 0 saturated carbocycles. The second-order valence-electron chi connectivity index (χ2n) is 11.4. The first-order valence-corrected chi connectivity index (χ1v) is 12.6. The van der Waals surface area contributed by atoms with Crippen LogP contribution in [-0.2, 0) is 20.4 Å². The Balaban J connectivity index is 2.46. The molecule has 0 radical (unpaired) electrons. The van der Waals surface area contributed by atoms with Gasteiger partial charge in [0.1, 0.15) is 17.2 Å². The first kappa shape index (κ1) is 28.2. The summed E-state index contributed by atoms with van der Waals surface area (Å²) < 4.78 is 17.7. The van der Waals surface area contributed by atoms with Crippen LogP contribution in [0.5, 0.6) is 11.5 Å². The Morgan fingerprint density at radius 2 is 1.56 bits per heavy atom. The molecule has 0 spiro atoms. The predicted octanol–water partition coefficient (Wildman–Crippen LogP) is 6.24. The summed E-state index contributed by atoms with van der Waals surface area (Å²) in [6.45, 7) is 19.5. The zero-order valence-corrected chi connectivity index (χ0v) is 23.3. The van der Waals surface area contributed by atoms with Crippen LogP contribution in [0.3, 0.4) is 0 Å². The Kier molecular flexibility index (Phi) is 8.84. The number of benzene rings is 1. The van der Waals surface area contributed by atoms with Gasteiger partial charge in [-0.1, -0.05) is 55.4 Å². The van der Waals surface area contributed by atoms with Crippen molar-refractivity contribution in [3.05, 3.63) is 23.3 Å². The van der Waals surface area contributed by atoms with Gasteiger partial charge in [-0.3, -0.25) is 5.01 Å². The van der Waals surface area contributed by atoms with E-state index in [4.69, 9.17) is 19.3 Å². The third-order valence-corrected chi connectivity index (χ3v) is 7.12. The second kappa shape index (κ2) is 10.7. The van der Waals surface area contributed by atoms with Crippen molar-refractivity contribution in [1.82, 2.24) is 5.01 Å². The molecule has 0 aliphatic carbocycles. The Hall–Kier alpha value is -2.08. The molecule has 1 atom stereocenters. The van der Waals surface area contributed by atoms with E-state index in [0.29, 0.717) is 11.5 Å². The van der Waals surface area contributed by atoms with Crippen molar-refractivity contribution >= 4 is 11.7 Å². The SMILES string of the molecule is CCC(CC)(OC)[C@@H]1CCCN1/N=C(\C)C(=O)Oc1c(C(C)(C)C)cc(OC)cc1C(C)(C)C. The van der Waals surface area contributed by atoms with Crippen LogP contribution in [-0.4, -0.2) is 49.1 Å². The van der Waals surface area contributed by atoms with Gasteiger partial charge in [0, 0.05) is 24.8 Å². The summed E-state index contributed by atoms with van der Waals surface area (Å²) in [4.78, 5) is 13.3. The lowest BCUT2D eigenvalue weighted by Crippen LogP contribution is -2.49. The summed E-state index contributed by atoms with van der Waals surface area (Å²) in [6, 6.07) is 4.08. The lowest BCUT2D eigenvalue weighted by molar-refractivity contribution is -0.127. The highest BCUT2D eigenvalue weighted by Gasteiger charge is 2.42. The quantitative estimate of drug-likeness (QED) is 0.253. The van der Waals surface area contributed by atoms with E-state index in [2.05, 4.69) is 55.4 Å². The van der Waals surface area contributed by atoms with Crippen molar-refractivity contribution < 1.29 is 19.0 Å². The normalized spacial score (nSPS) is 17.8. The Morgan fingerprint density at radius 1 is 1.03 bits per heavy atom. The summed E-state index contributed by atoms with van der Waals surface area (Å²) in [5.74, 6) is 0.935. The van der Waals surface area contributed by atoms with E-state index in [1.807, 2.05) is 17.1 Å². The minimum absolute atomic E-state index is 0.145. The van der Waals surface area contributed by atoms with Crippen LogP contribution >= 0.6 is 0 Å². The molecule has 192 valence electrons. The molecule has 6 heteroatoms.